The van der Waals surface area contributed by atoms with E-state index in [4.69, 9.17) is 0 Å². The Balaban J connectivity index is 5.44. The van der Waals surface area contributed by atoms with E-state index in [1.54, 1.807) is 0 Å². The summed E-state index contributed by atoms with van der Waals surface area (Å²) in [6.45, 7) is 12.7. The molecule has 0 aliphatic carbocycles. The van der Waals surface area contributed by atoms with Gasteiger partial charge in [-0.3, -0.25) is 0 Å². The molecule has 1 unspecified atom stereocenters. The molecule has 0 saturated carbocycles. The van der Waals surface area contributed by atoms with Crippen LogP contribution in [0, 0.1) is 28.6 Å². The van der Waals surface area contributed by atoms with Gasteiger partial charge in [0.25, 0.3) is 0 Å². The Kier molecular flexibility index (Phi) is 12.8. The average molecular weight is 321 g/mol. The third kappa shape index (κ3) is 7.85. The quantitative estimate of drug-likeness (QED) is 0.401. The van der Waals surface area contributed by atoms with Crippen molar-refractivity contribution in [3.8, 4) is 12.1 Å². The van der Waals surface area contributed by atoms with Crippen molar-refractivity contribution in [1.82, 2.24) is 0 Å². The van der Waals surface area contributed by atoms with Crippen LogP contribution in [-0.4, -0.2) is 30.2 Å². The molecule has 0 rings (SSSR count). The molecule has 0 heterocycles. The van der Waals surface area contributed by atoms with E-state index in [9.17, 15) is 10.5 Å². The normalized spacial score (nSPS) is 12.8. The van der Waals surface area contributed by atoms with Gasteiger partial charge < -0.3 is 4.48 Å². The van der Waals surface area contributed by atoms with Gasteiger partial charge >= 0.3 is 0 Å². The fourth-order valence-corrected chi connectivity index (χ4v) is 3.66. The minimum absolute atomic E-state index is 0.450. The summed E-state index contributed by atoms with van der Waals surface area (Å²) in [7, 11) is 0. The Labute approximate surface area is 144 Å². The fourth-order valence-electron chi connectivity index (χ4n) is 3.66. The molecule has 3 nitrogen and oxygen atoms in total. The number of unbranched alkanes of at least 4 members (excludes halogenated alkanes) is 3. The summed E-state index contributed by atoms with van der Waals surface area (Å²) in [6.07, 6.45) is 10.4. The van der Waals surface area contributed by atoms with Gasteiger partial charge in [-0.25, -0.2) is 0 Å². The third-order valence-electron chi connectivity index (χ3n) is 5.09. The Morgan fingerprint density at radius 2 is 1.17 bits per heavy atom. The van der Waals surface area contributed by atoms with Crippen molar-refractivity contribution in [2.24, 2.45) is 5.92 Å². The molecule has 0 N–H and O–H groups in total. The lowest BCUT2D eigenvalue weighted by Crippen LogP contribution is -2.57. The van der Waals surface area contributed by atoms with E-state index in [2.05, 4.69) is 39.8 Å². The van der Waals surface area contributed by atoms with Crippen molar-refractivity contribution < 1.29 is 4.48 Å². The van der Waals surface area contributed by atoms with Crippen LogP contribution in [0.25, 0.3) is 0 Å². The zero-order chi connectivity index (χ0) is 17.6. The van der Waals surface area contributed by atoms with Crippen molar-refractivity contribution in [3.63, 3.8) is 0 Å². The Morgan fingerprint density at radius 1 is 0.739 bits per heavy atom. The molecule has 0 aromatic carbocycles. The smallest absolute Gasteiger partial charge is 0.138 e. The minimum atomic E-state index is -0.450. The van der Waals surface area contributed by atoms with E-state index in [0.717, 1.165) is 23.7 Å². The molecule has 0 amide bonds. The van der Waals surface area contributed by atoms with E-state index in [-0.39, 0.29) is 0 Å². The van der Waals surface area contributed by atoms with E-state index < -0.39 is 5.92 Å². The topological polar surface area (TPSA) is 47.6 Å². The Morgan fingerprint density at radius 3 is 1.48 bits per heavy atom. The molecule has 0 radical (unpaired) electrons. The molecule has 0 aromatic rings. The van der Waals surface area contributed by atoms with E-state index >= 15 is 0 Å². The second-order valence-electron chi connectivity index (χ2n) is 6.94. The summed E-state index contributed by atoms with van der Waals surface area (Å²) in [5, 5.41) is 18.5. The first-order valence-electron chi connectivity index (χ1n) is 9.78. The monoisotopic (exact) mass is 320 g/mol. The number of hydrogen-bond acceptors (Lipinski definition) is 2. The van der Waals surface area contributed by atoms with Crippen LogP contribution in [0.1, 0.15) is 85.5 Å². The van der Waals surface area contributed by atoms with E-state index in [1.807, 2.05) is 0 Å². The summed E-state index contributed by atoms with van der Waals surface area (Å²) in [5.74, 6) is -0.450. The highest BCUT2D eigenvalue weighted by Gasteiger charge is 2.36. The predicted molar refractivity (Wildman–Crippen MR) is 97.6 cm³/mol. The van der Waals surface area contributed by atoms with Gasteiger partial charge in [0, 0.05) is 6.42 Å². The molecular formula is C20H38N3+. The van der Waals surface area contributed by atoms with Gasteiger partial charge in [0.2, 0.25) is 0 Å². The summed E-state index contributed by atoms with van der Waals surface area (Å²) in [5.41, 5.74) is 0. The van der Waals surface area contributed by atoms with Crippen molar-refractivity contribution in [2.75, 3.05) is 19.6 Å². The lowest BCUT2D eigenvalue weighted by molar-refractivity contribution is -0.952. The second kappa shape index (κ2) is 13.4. The van der Waals surface area contributed by atoms with Gasteiger partial charge in [-0.05, 0) is 25.7 Å². The van der Waals surface area contributed by atoms with Crippen LogP contribution in [0.15, 0.2) is 0 Å². The third-order valence-corrected chi connectivity index (χ3v) is 5.09. The van der Waals surface area contributed by atoms with Gasteiger partial charge in [0.15, 0.2) is 0 Å². The zero-order valence-corrected chi connectivity index (χ0v) is 16.0. The molecule has 0 aromatic heterocycles. The van der Waals surface area contributed by atoms with E-state index in [1.165, 1.54) is 58.2 Å². The molecule has 3 heteroatoms. The largest absolute Gasteiger partial charge is 0.321 e. The Bertz CT molecular complexity index is 328. The summed E-state index contributed by atoms with van der Waals surface area (Å²) >= 11 is 0. The standard InChI is InChI=1S/C20H38N3/c1-5-9-13-23(14-10-6-2,15-11-7-3)20(12-8-4)16-19(17-21)18-22/h19-20H,5-16H2,1-4H3/q+1. The number of rotatable bonds is 14. The van der Waals surface area contributed by atoms with Gasteiger partial charge in [0.1, 0.15) is 5.92 Å². The summed E-state index contributed by atoms with van der Waals surface area (Å²) in [4.78, 5) is 0. The highest BCUT2D eigenvalue weighted by atomic mass is 15.4. The van der Waals surface area contributed by atoms with Crippen LogP contribution < -0.4 is 0 Å². The van der Waals surface area contributed by atoms with Crippen LogP contribution in [0.5, 0.6) is 0 Å². The molecule has 0 bridgehead atoms. The van der Waals surface area contributed by atoms with Gasteiger partial charge in [-0.1, -0.05) is 53.4 Å². The number of quaternary nitrogens is 1. The van der Waals surface area contributed by atoms with E-state index in [0.29, 0.717) is 6.04 Å². The van der Waals surface area contributed by atoms with Crippen LogP contribution in [0.3, 0.4) is 0 Å². The number of hydrogen-bond donors (Lipinski definition) is 0. The molecular weight excluding hydrogens is 282 g/mol. The Hall–Kier alpha value is -1.06. The molecule has 1 atom stereocenters. The molecule has 23 heavy (non-hydrogen) atoms. The van der Waals surface area contributed by atoms with Crippen LogP contribution >= 0.6 is 0 Å². The number of nitrogens with zero attached hydrogens (tertiary/aromatic N) is 3. The number of nitriles is 2. The first-order valence-corrected chi connectivity index (χ1v) is 9.78. The first-order chi connectivity index (χ1) is 11.1. The van der Waals surface area contributed by atoms with Crippen LogP contribution in [0.4, 0.5) is 0 Å². The highest BCUT2D eigenvalue weighted by molar-refractivity contribution is 5.00. The zero-order valence-electron chi connectivity index (χ0n) is 16.0. The minimum Gasteiger partial charge on any atom is -0.321 e. The second-order valence-corrected chi connectivity index (χ2v) is 6.94. The first kappa shape index (κ1) is 21.9. The van der Waals surface area contributed by atoms with Crippen LogP contribution in [0.2, 0.25) is 0 Å². The molecule has 132 valence electrons. The molecule has 0 fully saturated rings. The van der Waals surface area contributed by atoms with Gasteiger partial charge in [-0.15, -0.1) is 0 Å². The summed E-state index contributed by atoms with van der Waals surface area (Å²) < 4.78 is 1.14. The van der Waals surface area contributed by atoms with Crippen molar-refractivity contribution in [1.29, 1.82) is 10.5 Å². The fraction of sp³-hybridized carbons (Fsp3) is 0.900. The molecule has 0 aliphatic rings. The van der Waals surface area contributed by atoms with Gasteiger partial charge in [0.05, 0.1) is 37.8 Å². The van der Waals surface area contributed by atoms with Crippen molar-refractivity contribution in [2.45, 2.75) is 91.5 Å². The van der Waals surface area contributed by atoms with Gasteiger partial charge in [-0.2, -0.15) is 10.5 Å². The molecule has 0 saturated heterocycles. The predicted octanol–water partition coefficient (Wildman–Crippen LogP) is 5.43. The summed E-state index contributed by atoms with van der Waals surface area (Å²) in [6, 6.07) is 4.89. The maximum atomic E-state index is 9.26. The van der Waals surface area contributed by atoms with Crippen LogP contribution in [-0.2, 0) is 0 Å². The highest BCUT2D eigenvalue weighted by Crippen LogP contribution is 2.27. The van der Waals surface area contributed by atoms with Crippen molar-refractivity contribution >= 4 is 0 Å². The maximum Gasteiger partial charge on any atom is 0.138 e. The SMILES string of the molecule is CCCC[N+](CCCC)(CCCC)C(CCC)CC(C#N)C#N. The molecule has 0 spiro atoms. The lowest BCUT2D eigenvalue weighted by Gasteiger charge is -2.46. The maximum absolute atomic E-state index is 9.26. The molecule has 0 aliphatic heterocycles. The van der Waals surface area contributed by atoms with Crippen molar-refractivity contribution in [3.05, 3.63) is 0 Å². The lowest BCUT2D eigenvalue weighted by atomic mass is 9.93. The average Bonchev–Trinajstić information content (AvgIpc) is 2.58.